The molecule has 1 saturated heterocycles. The molecule has 1 aliphatic heterocycles. The fourth-order valence-corrected chi connectivity index (χ4v) is 3.40. The number of nitrogens with zero attached hydrogens (tertiary/aromatic N) is 2. The van der Waals surface area contributed by atoms with Gasteiger partial charge >= 0.3 is 0 Å². The van der Waals surface area contributed by atoms with Crippen LogP contribution in [0.1, 0.15) is 18.4 Å². The number of likely N-dealkylation sites (tertiary alicyclic amines) is 1. The smallest absolute Gasteiger partial charge is 0.240 e. The van der Waals surface area contributed by atoms with Gasteiger partial charge in [0.05, 0.1) is 16.5 Å². The number of rotatable bonds is 4. The molecule has 1 heterocycles. The van der Waals surface area contributed by atoms with Gasteiger partial charge in [-0.05, 0) is 63.2 Å². The van der Waals surface area contributed by atoms with E-state index in [1.807, 2.05) is 6.07 Å². The third-order valence-corrected chi connectivity index (χ3v) is 5.13. The molecule has 2 rings (SSSR count). The zero-order chi connectivity index (χ0) is 14.6. The molecule has 0 spiro atoms. The first-order valence-electron chi connectivity index (χ1n) is 6.69. The van der Waals surface area contributed by atoms with E-state index < -0.39 is 10.0 Å². The fourth-order valence-electron chi connectivity index (χ4n) is 2.29. The van der Waals surface area contributed by atoms with Crippen LogP contribution in [0.5, 0.6) is 0 Å². The Hall–Kier alpha value is -1.42. The predicted octanol–water partition coefficient (Wildman–Crippen LogP) is 1.18. The number of benzene rings is 1. The molecule has 0 amide bonds. The van der Waals surface area contributed by atoms with Crippen LogP contribution in [0, 0.1) is 17.2 Å². The summed E-state index contributed by atoms with van der Waals surface area (Å²) in [6.07, 6.45) is 2.04. The third kappa shape index (κ3) is 3.79. The highest BCUT2D eigenvalue weighted by Crippen LogP contribution is 2.16. The molecule has 108 valence electrons. The minimum atomic E-state index is -3.47. The first-order valence-corrected chi connectivity index (χ1v) is 8.18. The maximum atomic E-state index is 12.1. The predicted molar refractivity (Wildman–Crippen MR) is 76.6 cm³/mol. The van der Waals surface area contributed by atoms with E-state index in [9.17, 15) is 8.42 Å². The lowest BCUT2D eigenvalue weighted by Crippen LogP contribution is -2.36. The third-order valence-electron chi connectivity index (χ3n) is 3.69. The Balaban J connectivity index is 1.95. The van der Waals surface area contributed by atoms with Crippen molar-refractivity contribution in [2.45, 2.75) is 17.7 Å². The Labute approximate surface area is 120 Å². The Morgan fingerprint density at radius 3 is 2.45 bits per heavy atom. The van der Waals surface area contributed by atoms with E-state index in [0.29, 0.717) is 18.0 Å². The highest BCUT2D eigenvalue weighted by atomic mass is 32.2. The van der Waals surface area contributed by atoms with Gasteiger partial charge in [-0.3, -0.25) is 0 Å². The second-order valence-electron chi connectivity index (χ2n) is 5.23. The lowest BCUT2D eigenvalue weighted by atomic mass is 9.98. The van der Waals surface area contributed by atoms with Crippen molar-refractivity contribution in [1.82, 2.24) is 9.62 Å². The van der Waals surface area contributed by atoms with Gasteiger partial charge in [0, 0.05) is 6.54 Å². The van der Waals surface area contributed by atoms with Crippen molar-refractivity contribution in [3.05, 3.63) is 29.8 Å². The minimum absolute atomic E-state index is 0.212. The second-order valence-corrected chi connectivity index (χ2v) is 7.00. The van der Waals surface area contributed by atoms with Gasteiger partial charge in [0.25, 0.3) is 0 Å². The molecule has 0 saturated carbocycles. The van der Waals surface area contributed by atoms with Gasteiger partial charge in [-0.2, -0.15) is 5.26 Å². The first-order chi connectivity index (χ1) is 9.51. The van der Waals surface area contributed by atoms with Crippen LogP contribution in [0.4, 0.5) is 0 Å². The zero-order valence-corrected chi connectivity index (χ0v) is 12.4. The Morgan fingerprint density at radius 2 is 1.90 bits per heavy atom. The Kier molecular flexibility index (Phi) is 4.76. The molecule has 1 fully saturated rings. The molecule has 1 aliphatic rings. The summed E-state index contributed by atoms with van der Waals surface area (Å²) in [5.41, 5.74) is 0.458. The molecular weight excluding hydrogens is 274 g/mol. The summed E-state index contributed by atoms with van der Waals surface area (Å²) in [6, 6.07) is 7.95. The normalized spacial score (nSPS) is 17.8. The molecular formula is C14H19N3O2S. The number of nitrogens with one attached hydrogen (secondary N) is 1. The van der Waals surface area contributed by atoms with Crippen molar-refractivity contribution in [3.8, 4) is 6.07 Å². The summed E-state index contributed by atoms with van der Waals surface area (Å²) in [4.78, 5) is 2.47. The molecule has 0 bridgehead atoms. The summed E-state index contributed by atoms with van der Waals surface area (Å²) in [5, 5.41) is 8.71. The number of hydrogen-bond acceptors (Lipinski definition) is 4. The zero-order valence-electron chi connectivity index (χ0n) is 11.5. The van der Waals surface area contributed by atoms with Gasteiger partial charge in [-0.1, -0.05) is 0 Å². The van der Waals surface area contributed by atoms with E-state index in [0.717, 1.165) is 25.9 Å². The van der Waals surface area contributed by atoms with Crippen LogP contribution in [0.25, 0.3) is 0 Å². The molecule has 0 aromatic heterocycles. The highest BCUT2D eigenvalue weighted by molar-refractivity contribution is 7.89. The van der Waals surface area contributed by atoms with Gasteiger partial charge in [0.1, 0.15) is 0 Å². The van der Waals surface area contributed by atoms with E-state index in [2.05, 4.69) is 16.7 Å². The maximum Gasteiger partial charge on any atom is 0.240 e. The van der Waals surface area contributed by atoms with Crippen LogP contribution in [0.15, 0.2) is 29.2 Å². The van der Waals surface area contributed by atoms with Gasteiger partial charge < -0.3 is 4.90 Å². The number of hydrogen-bond donors (Lipinski definition) is 1. The van der Waals surface area contributed by atoms with Gasteiger partial charge in [-0.25, -0.2) is 13.1 Å². The molecule has 5 nitrogen and oxygen atoms in total. The Morgan fingerprint density at radius 1 is 1.30 bits per heavy atom. The van der Waals surface area contributed by atoms with E-state index >= 15 is 0 Å². The van der Waals surface area contributed by atoms with E-state index in [1.165, 1.54) is 24.3 Å². The Bertz CT molecular complexity index is 582. The van der Waals surface area contributed by atoms with Crippen molar-refractivity contribution in [1.29, 1.82) is 5.26 Å². The average Bonchev–Trinajstić information content (AvgIpc) is 2.47. The van der Waals surface area contributed by atoms with E-state index in [-0.39, 0.29) is 4.90 Å². The summed E-state index contributed by atoms with van der Waals surface area (Å²) < 4.78 is 26.9. The van der Waals surface area contributed by atoms with Gasteiger partial charge in [0.2, 0.25) is 10.0 Å². The van der Waals surface area contributed by atoms with E-state index in [4.69, 9.17) is 5.26 Å². The second kappa shape index (κ2) is 6.35. The molecule has 20 heavy (non-hydrogen) atoms. The number of nitriles is 1. The van der Waals surface area contributed by atoms with E-state index in [1.54, 1.807) is 0 Å². The topological polar surface area (TPSA) is 73.2 Å². The molecule has 1 aromatic rings. The van der Waals surface area contributed by atoms with Gasteiger partial charge in [0.15, 0.2) is 0 Å². The number of piperidine rings is 1. The van der Waals surface area contributed by atoms with Crippen molar-refractivity contribution >= 4 is 10.0 Å². The molecule has 1 N–H and O–H groups in total. The first kappa shape index (κ1) is 15.0. The van der Waals surface area contributed by atoms with Crippen LogP contribution in [0.3, 0.4) is 0 Å². The quantitative estimate of drug-likeness (QED) is 0.904. The van der Waals surface area contributed by atoms with Crippen molar-refractivity contribution in [2.24, 2.45) is 5.92 Å². The standard InChI is InChI=1S/C14H19N3O2S/c1-17-8-6-13(7-9-17)11-16-20(18,19)14-4-2-12(10-15)3-5-14/h2-5,13,16H,6-9,11H2,1H3. The molecule has 0 radical (unpaired) electrons. The van der Waals surface area contributed by atoms with Crippen LogP contribution >= 0.6 is 0 Å². The lowest BCUT2D eigenvalue weighted by molar-refractivity contribution is 0.220. The summed E-state index contributed by atoms with van der Waals surface area (Å²) >= 11 is 0. The highest BCUT2D eigenvalue weighted by Gasteiger charge is 2.20. The SMILES string of the molecule is CN1CCC(CNS(=O)(=O)c2ccc(C#N)cc2)CC1. The fraction of sp³-hybridized carbons (Fsp3) is 0.500. The molecule has 1 aromatic carbocycles. The van der Waals surface area contributed by atoms with Crippen LogP contribution < -0.4 is 4.72 Å². The van der Waals surface area contributed by atoms with Crippen molar-refractivity contribution in [2.75, 3.05) is 26.7 Å². The van der Waals surface area contributed by atoms with Crippen molar-refractivity contribution in [3.63, 3.8) is 0 Å². The molecule has 0 aliphatic carbocycles. The molecule has 6 heteroatoms. The molecule has 0 atom stereocenters. The summed E-state index contributed by atoms with van der Waals surface area (Å²) in [5.74, 6) is 0.402. The lowest BCUT2D eigenvalue weighted by Gasteiger charge is -2.28. The van der Waals surface area contributed by atoms with Crippen LogP contribution in [-0.2, 0) is 10.0 Å². The average molecular weight is 293 g/mol. The van der Waals surface area contributed by atoms with Crippen LogP contribution in [0.2, 0.25) is 0 Å². The number of sulfonamides is 1. The van der Waals surface area contributed by atoms with Crippen LogP contribution in [-0.4, -0.2) is 40.0 Å². The minimum Gasteiger partial charge on any atom is -0.306 e. The van der Waals surface area contributed by atoms with Gasteiger partial charge in [-0.15, -0.1) is 0 Å². The monoisotopic (exact) mass is 293 g/mol. The molecule has 0 unspecified atom stereocenters. The van der Waals surface area contributed by atoms with Crippen molar-refractivity contribution < 1.29 is 8.42 Å². The summed E-state index contributed by atoms with van der Waals surface area (Å²) in [7, 11) is -1.39. The largest absolute Gasteiger partial charge is 0.306 e. The summed E-state index contributed by atoms with van der Waals surface area (Å²) in [6.45, 7) is 2.52. The maximum absolute atomic E-state index is 12.1.